The maximum atomic E-state index is 13.3. The molecule has 0 saturated heterocycles. The quantitative estimate of drug-likeness (QED) is 0.801. The third kappa shape index (κ3) is 3.35. The number of benzene rings is 2. The second-order valence-corrected chi connectivity index (χ2v) is 6.70. The summed E-state index contributed by atoms with van der Waals surface area (Å²) in [4.78, 5) is 27.1. The Morgan fingerprint density at radius 2 is 1.81 bits per heavy atom. The first-order valence-electron chi connectivity index (χ1n) is 8.87. The van der Waals surface area contributed by atoms with Gasteiger partial charge in [-0.05, 0) is 30.0 Å². The summed E-state index contributed by atoms with van der Waals surface area (Å²) in [6.45, 7) is 0.139. The minimum absolute atomic E-state index is 0.0255. The standard InChI is InChI=1S/C21H24N2O3/c1-23-18-10-6-5-9-17(18)21(20(23)26,12-11-19(25)22-13-14-24)15-16-7-3-2-4-8-16/h2-10,24H,11-15H2,1H3,(H,22,25)/t21-/m0/s1. The van der Waals surface area contributed by atoms with E-state index in [0.717, 1.165) is 16.8 Å². The number of amides is 2. The lowest BCUT2D eigenvalue weighted by molar-refractivity contribution is -0.124. The molecule has 1 heterocycles. The molecule has 0 bridgehead atoms. The van der Waals surface area contributed by atoms with Crippen molar-refractivity contribution in [3.05, 3.63) is 65.7 Å². The highest BCUT2D eigenvalue weighted by Gasteiger charge is 2.49. The van der Waals surface area contributed by atoms with Gasteiger partial charge >= 0.3 is 0 Å². The van der Waals surface area contributed by atoms with Crippen molar-refractivity contribution >= 4 is 17.5 Å². The van der Waals surface area contributed by atoms with Gasteiger partial charge < -0.3 is 15.3 Å². The maximum Gasteiger partial charge on any atom is 0.237 e. The van der Waals surface area contributed by atoms with E-state index < -0.39 is 5.41 Å². The minimum Gasteiger partial charge on any atom is -0.395 e. The first-order chi connectivity index (χ1) is 12.6. The van der Waals surface area contributed by atoms with Crippen LogP contribution in [-0.4, -0.2) is 37.1 Å². The molecule has 5 nitrogen and oxygen atoms in total. The lowest BCUT2D eigenvalue weighted by Gasteiger charge is -2.28. The Hall–Kier alpha value is -2.66. The summed E-state index contributed by atoms with van der Waals surface area (Å²) in [6, 6.07) is 17.7. The van der Waals surface area contributed by atoms with Crippen molar-refractivity contribution < 1.29 is 14.7 Å². The summed E-state index contributed by atoms with van der Waals surface area (Å²) < 4.78 is 0. The molecule has 1 atom stereocenters. The molecule has 2 aromatic rings. The number of aliphatic hydroxyl groups excluding tert-OH is 1. The van der Waals surface area contributed by atoms with Crippen molar-refractivity contribution in [2.75, 3.05) is 25.1 Å². The zero-order valence-corrected chi connectivity index (χ0v) is 14.9. The van der Waals surface area contributed by atoms with Gasteiger partial charge in [-0.2, -0.15) is 0 Å². The number of carbonyl (C=O) groups excluding carboxylic acids is 2. The van der Waals surface area contributed by atoms with Crippen LogP contribution in [0.4, 0.5) is 5.69 Å². The number of carbonyl (C=O) groups is 2. The van der Waals surface area contributed by atoms with Crippen molar-refractivity contribution in [1.82, 2.24) is 5.32 Å². The molecule has 0 unspecified atom stereocenters. The van der Waals surface area contributed by atoms with Crippen LogP contribution in [0.5, 0.6) is 0 Å². The Bertz CT molecular complexity index is 791. The highest BCUT2D eigenvalue weighted by molar-refractivity contribution is 6.08. The van der Waals surface area contributed by atoms with E-state index >= 15 is 0 Å². The molecular formula is C21H24N2O3. The summed E-state index contributed by atoms with van der Waals surface area (Å²) in [6.07, 6.45) is 1.22. The molecule has 26 heavy (non-hydrogen) atoms. The molecule has 5 heteroatoms. The molecule has 0 fully saturated rings. The van der Waals surface area contributed by atoms with Crippen molar-refractivity contribution in [2.24, 2.45) is 0 Å². The van der Waals surface area contributed by atoms with E-state index in [1.807, 2.05) is 54.6 Å². The summed E-state index contributed by atoms with van der Waals surface area (Å²) in [5, 5.41) is 11.5. The van der Waals surface area contributed by atoms with Crippen LogP contribution in [0.2, 0.25) is 0 Å². The van der Waals surface area contributed by atoms with Crippen molar-refractivity contribution in [1.29, 1.82) is 0 Å². The molecule has 1 aliphatic heterocycles. The van der Waals surface area contributed by atoms with E-state index in [1.54, 1.807) is 11.9 Å². The van der Waals surface area contributed by atoms with E-state index in [-0.39, 0.29) is 31.4 Å². The van der Waals surface area contributed by atoms with Gasteiger partial charge in [-0.1, -0.05) is 48.5 Å². The Morgan fingerprint density at radius 1 is 1.12 bits per heavy atom. The fraction of sp³-hybridized carbons (Fsp3) is 0.333. The Morgan fingerprint density at radius 3 is 2.54 bits per heavy atom. The number of hydrogen-bond donors (Lipinski definition) is 2. The Balaban J connectivity index is 1.95. The first-order valence-corrected chi connectivity index (χ1v) is 8.87. The van der Waals surface area contributed by atoms with E-state index in [2.05, 4.69) is 5.32 Å². The Kier molecular flexibility index (Phi) is 5.38. The van der Waals surface area contributed by atoms with Crippen molar-refractivity contribution in [3.63, 3.8) is 0 Å². The van der Waals surface area contributed by atoms with Crippen LogP contribution >= 0.6 is 0 Å². The predicted molar refractivity (Wildman–Crippen MR) is 101 cm³/mol. The van der Waals surface area contributed by atoms with Crippen LogP contribution < -0.4 is 10.2 Å². The highest BCUT2D eigenvalue weighted by Crippen LogP contribution is 2.46. The number of anilines is 1. The minimum atomic E-state index is -0.747. The van der Waals surface area contributed by atoms with Gasteiger partial charge in [0.25, 0.3) is 0 Å². The number of aliphatic hydroxyl groups is 1. The topological polar surface area (TPSA) is 69.6 Å². The fourth-order valence-corrected chi connectivity index (χ4v) is 3.77. The van der Waals surface area contributed by atoms with Crippen molar-refractivity contribution in [2.45, 2.75) is 24.7 Å². The molecular weight excluding hydrogens is 328 g/mol. The third-order valence-electron chi connectivity index (χ3n) is 5.06. The zero-order valence-electron chi connectivity index (χ0n) is 14.9. The Labute approximate surface area is 153 Å². The molecule has 136 valence electrons. The van der Waals surface area contributed by atoms with E-state index in [1.165, 1.54) is 0 Å². The van der Waals surface area contributed by atoms with Gasteiger partial charge in [0, 0.05) is 25.7 Å². The smallest absolute Gasteiger partial charge is 0.237 e. The number of fused-ring (bicyclic) bond motifs is 1. The lowest BCUT2D eigenvalue weighted by Crippen LogP contribution is -2.41. The largest absolute Gasteiger partial charge is 0.395 e. The van der Waals surface area contributed by atoms with Gasteiger partial charge in [0.15, 0.2) is 0 Å². The number of para-hydroxylation sites is 1. The number of hydrogen-bond acceptors (Lipinski definition) is 3. The van der Waals surface area contributed by atoms with Gasteiger partial charge in [0.2, 0.25) is 11.8 Å². The predicted octanol–water partition coefficient (Wildman–Crippen LogP) is 2.03. The van der Waals surface area contributed by atoms with Gasteiger partial charge in [-0.15, -0.1) is 0 Å². The van der Waals surface area contributed by atoms with Crippen LogP contribution in [-0.2, 0) is 21.4 Å². The second kappa shape index (κ2) is 7.70. The fourth-order valence-electron chi connectivity index (χ4n) is 3.77. The molecule has 0 spiro atoms. The van der Waals surface area contributed by atoms with E-state index in [9.17, 15) is 9.59 Å². The molecule has 0 radical (unpaired) electrons. The summed E-state index contributed by atoms with van der Waals surface area (Å²) >= 11 is 0. The molecule has 0 saturated carbocycles. The van der Waals surface area contributed by atoms with Crippen molar-refractivity contribution in [3.8, 4) is 0 Å². The van der Waals surface area contributed by atoms with Crippen LogP contribution in [0, 0.1) is 0 Å². The number of nitrogens with one attached hydrogen (secondary N) is 1. The molecule has 1 aliphatic rings. The van der Waals surface area contributed by atoms with Gasteiger partial charge in [-0.3, -0.25) is 9.59 Å². The monoisotopic (exact) mass is 352 g/mol. The van der Waals surface area contributed by atoms with Gasteiger partial charge in [0.05, 0.1) is 12.0 Å². The van der Waals surface area contributed by atoms with E-state index in [4.69, 9.17) is 5.11 Å². The van der Waals surface area contributed by atoms with E-state index in [0.29, 0.717) is 12.8 Å². The second-order valence-electron chi connectivity index (χ2n) is 6.70. The number of rotatable bonds is 7. The summed E-state index contributed by atoms with van der Waals surface area (Å²) in [5.74, 6) is -0.121. The highest BCUT2D eigenvalue weighted by atomic mass is 16.3. The lowest BCUT2D eigenvalue weighted by atomic mass is 9.73. The van der Waals surface area contributed by atoms with Crippen LogP contribution in [0.25, 0.3) is 0 Å². The number of likely N-dealkylation sites (N-methyl/N-ethyl adjacent to an activating group) is 1. The zero-order chi connectivity index (χ0) is 18.6. The normalized spacial score (nSPS) is 18.7. The van der Waals surface area contributed by atoms with Crippen LogP contribution in [0.1, 0.15) is 24.0 Å². The number of nitrogens with zero attached hydrogens (tertiary/aromatic N) is 1. The summed E-state index contributed by atoms with van der Waals surface area (Å²) in [5.41, 5.74) is 2.21. The first kappa shape index (κ1) is 18.1. The van der Waals surface area contributed by atoms with Gasteiger partial charge in [-0.25, -0.2) is 0 Å². The third-order valence-corrected chi connectivity index (χ3v) is 5.06. The maximum absolute atomic E-state index is 13.3. The molecule has 2 N–H and O–H groups in total. The SMILES string of the molecule is CN1C(=O)[C@@](CCC(=O)NCCO)(Cc2ccccc2)c2ccccc21. The molecule has 3 rings (SSSR count). The van der Waals surface area contributed by atoms with Crippen LogP contribution in [0.15, 0.2) is 54.6 Å². The molecule has 2 amide bonds. The molecule has 0 aromatic heterocycles. The average molecular weight is 352 g/mol. The van der Waals surface area contributed by atoms with Crippen LogP contribution in [0.3, 0.4) is 0 Å². The average Bonchev–Trinajstić information content (AvgIpc) is 2.88. The summed E-state index contributed by atoms with van der Waals surface area (Å²) in [7, 11) is 1.79. The molecule has 2 aromatic carbocycles. The molecule has 0 aliphatic carbocycles. The van der Waals surface area contributed by atoms with Gasteiger partial charge in [0.1, 0.15) is 0 Å².